The zero-order valence-corrected chi connectivity index (χ0v) is 13.0. The number of rotatable bonds is 5. The maximum atomic E-state index is 12.2. The van der Waals surface area contributed by atoms with Crippen molar-refractivity contribution >= 4 is 17.2 Å². The van der Waals surface area contributed by atoms with Crippen LogP contribution in [0.15, 0.2) is 54.4 Å². The molecule has 0 aliphatic heterocycles. The number of carbonyl (C=O) groups excluding carboxylic acids is 1. The number of hydrogen-bond donors (Lipinski definition) is 1. The van der Waals surface area contributed by atoms with Gasteiger partial charge in [-0.25, -0.2) is 9.67 Å². The number of thiophene rings is 1. The Morgan fingerprint density at radius 3 is 2.77 bits per heavy atom. The third kappa shape index (κ3) is 3.40. The molecule has 0 aliphatic carbocycles. The molecule has 22 heavy (non-hydrogen) atoms. The molecule has 3 aromatic rings. The lowest BCUT2D eigenvalue weighted by molar-refractivity contribution is 0.0940. The molecular formula is C16H16N4OS. The number of amides is 1. The maximum absolute atomic E-state index is 12.2. The van der Waals surface area contributed by atoms with Crippen LogP contribution in [0.3, 0.4) is 0 Å². The van der Waals surface area contributed by atoms with Gasteiger partial charge in [-0.2, -0.15) is 5.10 Å². The van der Waals surface area contributed by atoms with Crippen molar-refractivity contribution in [2.24, 2.45) is 0 Å². The third-order valence-electron chi connectivity index (χ3n) is 3.34. The summed E-state index contributed by atoms with van der Waals surface area (Å²) in [7, 11) is 0. The molecule has 1 N–H and O–H groups in total. The zero-order valence-electron chi connectivity index (χ0n) is 12.1. The smallest absolute Gasteiger partial charge is 0.251 e. The van der Waals surface area contributed by atoms with Gasteiger partial charge in [-0.05, 0) is 36.1 Å². The fraction of sp³-hybridized carbons (Fsp3) is 0.188. The van der Waals surface area contributed by atoms with E-state index in [0.29, 0.717) is 12.1 Å². The number of carbonyl (C=O) groups is 1. The molecule has 2 aromatic heterocycles. The van der Waals surface area contributed by atoms with E-state index in [1.54, 1.807) is 22.3 Å². The normalized spacial score (nSPS) is 12.0. The standard InChI is InChI=1S/C16H16N4OS/c1-12(15-3-2-8-22-15)19-16(21)14-6-4-13(5-7-14)9-20-11-17-10-18-20/h2-8,10-12H,9H2,1H3,(H,19,21)/t12-/m1/s1. The van der Waals surface area contributed by atoms with E-state index >= 15 is 0 Å². The van der Waals surface area contributed by atoms with Gasteiger partial charge in [0.2, 0.25) is 0 Å². The van der Waals surface area contributed by atoms with Crippen LogP contribution in [0.5, 0.6) is 0 Å². The summed E-state index contributed by atoms with van der Waals surface area (Å²) in [6.07, 6.45) is 3.18. The molecule has 0 saturated heterocycles. The summed E-state index contributed by atoms with van der Waals surface area (Å²) in [6.45, 7) is 2.64. The lowest BCUT2D eigenvalue weighted by Crippen LogP contribution is -2.26. The first-order chi connectivity index (χ1) is 10.7. The van der Waals surface area contributed by atoms with E-state index in [2.05, 4.69) is 15.4 Å². The molecule has 2 heterocycles. The molecule has 5 nitrogen and oxygen atoms in total. The fourth-order valence-electron chi connectivity index (χ4n) is 2.15. The zero-order chi connectivity index (χ0) is 15.4. The van der Waals surface area contributed by atoms with Crippen molar-refractivity contribution in [1.29, 1.82) is 0 Å². The van der Waals surface area contributed by atoms with Crippen molar-refractivity contribution < 1.29 is 4.79 Å². The Bertz CT molecular complexity index is 720. The van der Waals surface area contributed by atoms with E-state index in [9.17, 15) is 4.79 Å². The highest BCUT2D eigenvalue weighted by atomic mass is 32.1. The Morgan fingerprint density at radius 2 is 2.14 bits per heavy atom. The average Bonchev–Trinajstić information content (AvgIpc) is 3.21. The summed E-state index contributed by atoms with van der Waals surface area (Å²) in [4.78, 5) is 17.3. The minimum atomic E-state index is -0.0618. The summed E-state index contributed by atoms with van der Waals surface area (Å²) in [5, 5.41) is 9.08. The van der Waals surface area contributed by atoms with Crippen molar-refractivity contribution in [2.75, 3.05) is 0 Å². The van der Waals surface area contributed by atoms with Gasteiger partial charge in [-0.1, -0.05) is 18.2 Å². The van der Waals surface area contributed by atoms with Crippen molar-refractivity contribution in [3.63, 3.8) is 0 Å². The monoisotopic (exact) mass is 312 g/mol. The Labute approximate surface area is 132 Å². The Kier molecular flexibility index (Phi) is 4.29. The first-order valence-electron chi connectivity index (χ1n) is 6.98. The van der Waals surface area contributed by atoms with Crippen molar-refractivity contribution in [3.05, 3.63) is 70.4 Å². The molecule has 1 atom stereocenters. The van der Waals surface area contributed by atoms with Crippen LogP contribution in [-0.2, 0) is 6.54 Å². The number of nitrogens with zero attached hydrogens (tertiary/aromatic N) is 3. The number of nitrogens with one attached hydrogen (secondary N) is 1. The summed E-state index contributed by atoms with van der Waals surface area (Å²) < 4.78 is 1.74. The lowest BCUT2D eigenvalue weighted by atomic mass is 10.1. The van der Waals surface area contributed by atoms with E-state index in [0.717, 1.165) is 10.4 Å². The first kappa shape index (κ1) is 14.5. The number of hydrogen-bond acceptors (Lipinski definition) is 4. The van der Waals surface area contributed by atoms with Crippen LogP contribution in [0, 0.1) is 0 Å². The number of aromatic nitrogens is 3. The molecule has 6 heteroatoms. The van der Waals surface area contributed by atoms with Crippen LogP contribution < -0.4 is 5.32 Å². The summed E-state index contributed by atoms with van der Waals surface area (Å²) in [5.74, 6) is -0.0618. The second kappa shape index (κ2) is 6.53. The average molecular weight is 312 g/mol. The Hall–Kier alpha value is -2.47. The molecule has 1 amide bonds. The van der Waals surface area contributed by atoms with E-state index in [1.807, 2.05) is 48.7 Å². The first-order valence-corrected chi connectivity index (χ1v) is 7.86. The number of benzene rings is 1. The summed E-state index contributed by atoms with van der Waals surface area (Å²) >= 11 is 1.64. The van der Waals surface area contributed by atoms with Crippen molar-refractivity contribution in [1.82, 2.24) is 20.1 Å². The quantitative estimate of drug-likeness (QED) is 0.788. The maximum Gasteiger partial charge on any atom is 0.251 e. The van der Waals surface area contributed by atoms with Gasteiger partial charge in [0.1, 0.15) is 12.7 Å². The highest BCUT2D eigenvalue weighted by Crippen LogP contribution is 2.18. The van der Waals surface area contributed by atoms with Crippen LogP contribution in [0.25, 0.3) is 0 Å². The van der Waals surface area contributed by atoms with Crippen molar-refractivity contribution in [2.45, 2.75) is 19.5 Å². The molecular weight excluding hydrogens is 296 g/mol. The van der Waals surface area contributed by atoms with Gasteiger partial charge in [0.15, 0.2) is 0 Å². The van der Waals surface area contributed by atoms with E-state index in [-0.39, 0.29) is 11.9 Å². The molecule has 0 bridgehead atoms. The molecule has 1 aromatic carbocycles. The van der Waals surface area contributed by atoms with Gasteiger partial charge in [-0.3, -0.25) is 4.79 Å². The van der Waals surface area contributed by atoms with E-state index < -0.39 is 0 Å². The molecule has 0 saturated carbocycles. The summed E-state index contributed by atoms with van der Waals surface area (Å²) in [5.41, 5.74) is 1.74. The minimum Gasteiger partial charge on any atom is -0.345 e. The van der Waals surface area contributed by atoms with Crippen molar-refractivity contribution in [3.8, 4) is 0 Å². The topological polar surface area (TPSA) is 59.8 Å². The minimum absolute atomic E-state index is 0.0160. The fourth-order valence-corrected chi connectivity index (χ4v) is 2.89. The highest BCUT2D eigenvalue weighted by Gasteiger charge is 2.12. The highest BCUT2D eigenvalue weighted by molar-refractivity contribution is 7.10. The molecule has 112 valence electrons. The second-order valence-electron chi connectivity index (χ2n) is 5.00. The molecule has 0 fully saturated rings. The molecule has 0 unspecified atom stereocenters. The van der Waals surface area contributed by atoms with Crippen LogP contribution >= 0.6 is 11.3 Å². The second-order valence-corrected chi connectivity index (χ2v) is 5.98. The van der Waals surface area contributed by atoms with Crippen LogP contribution in [0.2, 0.25) is 0 Å². The molecule has 0 aliphatic rings. The Morgan fingerprint density at radius 1 is 1.32 bits per heavy atom. The molecule has 0 radical (unpaired) electrons. The predicted octanol–water partition coefficient (Wildman–Crippen LogP) is 2.88. The third-order valence-corrected chi connectivity index (χ3v) is 4.40. The lowest BCUT2D eigenvalue weighted by Gasteiger charge is -2.12. The van der Waals surface area contributed by atoms with Gasteiger partial charge in [0, 0.05) is 10.4 Å². The van der Waals surface area contributed by atoms with Gasteiger partial charge < -0.3 is 5.32 Å². The van der Waals surface area contributed by atoms with Gasteiger partial charge in [-0.15, -0.1) is 11.3 Å². The summed E-state index contributed by atoms with van der Waals surface area (Å²) in [6, 6.07) is 11.6. The molecule has 3 rings (SSSR count). The van der Waals surface area contributed by atoms with Gasteiger partial charge in [0.05, 0.1) is 12.6 Å². The van der Waals surface area contributed by atoms with E-state index in [4.69, 9.17) is 0 Å². The van der Waals surface area contributed by atoms with Crippen LogP contribution in [0.1, 0.15) is 33.8 Å². The van der Waals surface area contributed by atoms with E-state index in [1.165, 1.54) is 6.33 Å². The van der Waals surface area contributed by atoms with Gasteiger partial charge >= 0.3 is 0 Å². The van der Waals surface area contributed by atoms with Crippen LogP contribution in [-0.4, -0.2) is 20.7 Å². The predicted molar refractivity (Wildman–Crippen MR) is 85.8 cm³/mol. The van der Waals surface area contributed by atoms with Crippen LogP contribution in [0.4, 0.5) is 0 Å². The Balaban J connectivity index is 1.63. The van der Waals surface area contributed by atoms with Gasteiger partial charge in [0.25, 0.3) is 5.91 Å². The molecule has 0 spiro atoms. The largest absolute Gasteiger partial charge is 0.345 e. The SMILES string of the molecule is C[C@@H](NC(=O)c1ccc(Cn2cncn2)cc1)c1cccs1.